The Labute approximate surface area is 89.9 Å². The molecule has 1 aromatic rings. The summed E-state index contributed by atoms with van der Waals surface area (Å²) >= 11 is 0. The summed E-state index contributed by atoms with van der Waals surface area (Å²) in [6.45, 7) is 1.85. The van der Waals surface area contributed by atoms with Crippen molar-refractivity contribution in [2.45, 2.75) is 13.3 Å². The van der Waals surface area contributed by atoms with Gasteiger partial charge in [0.15, 0.2) is 0 Å². The summed E-state index contributed by atoms with van der Waals surface area (Å²) in [5.74, 6) is 1.40. The summed E-state index contributed by atoms with van der Waals surface area (Å²) in [7, 11) is -1.97. The summed E-state index contributed by atoms with van der Waals surface area (Å²) in [4.78, 5) is 0. The first-order chi connectivity index (χ1) is 7.14. The number of hydrogen-bond acceptors (Lipinski definition) is 3. The maximum absolute atomic E-state index is 11.9. The van der Waals surface area contributed by atoms with E-state index in [-0.39, 0.29) is 0 Å². The molecule has 15 heavy (non-hydrogen) atoms. The number of hydrogen-bond donors (Lipinski definition) is 0. The molecule has 3 nitrogen and oxygen atoms in total. The first kappa shape index (κ1) is 10.2. The molecule has 0 aliphatic carbocycles. The molecule has 0 radical (unpaired) electrons. The molecule has 0 unspecified atom stereocenters. The van der Waals surface area contributed by atoms with Gasteiger partial charge in [-0.25, -0.2) is 4.21 Å². The van der Waals surface area contributed by atoms with Crippen LogP contribution >= 0.6 is 0 Å². The van der Waals surface area contributed by atoms with E-state index in [1.807, 2.05) is 13.0 Å². The first-order valence-electron chi connectivity index (χ1n) is 4.87. The molecule has 4 heteroatoms. The Balaban J connectivity index is 2.51. The quantitative estimate of drug-likeness (QED) is 0.729. The molecule has 1 saturated heterocycles. The van der Waals surface area contributed by atoms with Gasteiger partial charge in [0.25, 0.3) is 0 Å². The van der Waals surface area contributed by atoms with Crippen LogP contribution in [-0.4, -0.2) is 15.7 Å². The van der Waals surface area contributed by atoms with Crippen LogP contribution < -0.4 is 0 Å². The Hall–Kier alpha value is -1.34. The van der Waals surface area contributed by atoms with Gasteiger partial charge in [-0.05, 0) is 31.0 Å². The van der Waals surface area contributed by atoms with Crippen LogP contribution in [0.3, 0.4) is 0 Å². The van der Waals surface area contributed by atoms with Crippen LogP contribution in [0.2, 0.25) is 0 Å². The predicted octanol–water partition coefficient (Wildman–Crippen LogP) is 2.37. The average molecular weight is 220 g/mol. The van der Waals surface area contributed by atoms with Crippen molar-refractivity contribution >= 4 is 15.4 Å². The average Bonchev–Trinajstić information content (AvgIpc) is 2.19. The van der Waals surface area contributed by atoms with Crippen molar-refractivity contribution < 1.29 is 4.21 Å². The molecule has 0 saturated carbocycles. The monoisotopic (exact) mass is 220 g/mol. The summed E-state index contributed by atoms with van der Waals surface area (Å²) < 4.78 is 16.2. The third kappa shape index (κ3) is 1.88. The summed E-state index contributed by atoms with van der Waals surface area (Å²) in [5.41, 5.74) is 2.15. The fourth-order valence-corrected chi connectivity index (χ4v) is 3.03. The Morgan fingerprint density at radius 2 is 2.20 bits per heavy atom. The molecule has 0 aromatic heterocycles. The minimum absolute atomic E-state index is 0.610. The van der Waals surface area contributed by atoms with E-state index in [0.29, 0.717) is 22.8 Å². The van der Waals surface area contributed by atoms with Crippen molar-refractivity contribution in [3.63, 3.8) is 0 Å². The van der Waals surface area contributed by atoms with Crippen LogP contribution in [0, 0.1) is 18.3 Å². The van der Waals surface area contributed by atoms with E-state index in [1.165, 1.54) is 0 Å². The molecular weight excluding hydrogens is 208 g/mol. The molecule has 0 bridgehead atoms. The van der Waals surface area contributed by atoms with E-state index in [1.54, 1.807) is 12.1 Å². The third-order valence-corrected chi connectivity index (χ3v) is 5.00. The second-order valence-corrected chi connectivity index (χ2v) is 6.23. The second-order valence-electron chi connectivity index (χ2n) is 3.69. The molecule has 0 amide bonds. The standard InChI is InChI=1S/C11H12N2OS/c1-9-10(8-12)4-2-5-11(9)13-15(14)6-3-7-15/h2,4-5H,3,6-7H2,1H3. The van der Waals surface area contributed by atoms with Crippen LogP contribution in [0.4, 0.5) is 5.69 Å². The van der Waals surface area contributed by atoms with Gasteiger partial charge in [-0.15, -0.1) is 0 Å². The van der Waals surface area contributed by atoms with Crippen LogP contribution in [0.15, 0.2) is 22.6 Å². The molecule has 0 N–H and O–H groups in total. The Bertz CT molecular complexity index is 538. The smallest absolute Gasteiger partial charge is 0.0995 e. The number of nitrogens with zero attached hydrogens (tertiary/aromatic N) is 2. The highest BCUT2D eigenvalue weighted by Gasteiger charge is 2.19. The van der Waals surface area contributed by atoms with Gasteiger partial charge in [-0.2, -0.15) is 9.62 Å². The van der Waals surface area contributed by atoms with E-state index in [9.17, 15) is 4.21 Å². The molecule has 1 aliphatic rings. The van der Waals surface area contributed by atoms with E-state index in [0.717, 1.165) is 12.0 Å². The van der Waals surface area contributed by atoms with Gasteiger partial charge in [0.05, 0.1) is 27.0 Å². The van der Waals surface area contributed by atoms with Crippen molar-refractivity contribution in [1.29, 1.82) is 5.26 Å². The number of benzene rings is 1. The van der Waals surface area contributed by atoms with Crippen molar-refractivity contribution in [2.75, 3.05) is 11.5 Å². The van der Waals surface area contributed by atoms with Crippen molar-refractivity contribution in [1.82, 2.24) is 0 Å². The van der Waals surface area contributed by atoms with E-state index >= 15 is 0 Å². The number of rotatable bonds is 1. The first-order valence-corrected chi connectivity index (χ1v) is 6.72. The molecular formula is C11H12N2OS. The lowest BCUT2D eigenvalue weighted by atomic mass is 10.1. The fourth-order valence-electron chi connectivity index (χ4n) is 1.51. The maximum Gasteiger partial charge on any atom is 0.0995 e. The Morgan fingerprint density at radius 3 is 2.73 bits per heavy atom. The highest BCUT2D eigenvalue weighted by atomic mass is 32.2. The zero-order chi connectivity index (χ0) is 10.9. The van der Waals surface area contributed by atoms with Gasteiger partial charge in [-0.3, -0.25) is 0 Å². The van der Waals surface area contributed by atoms with Crippen LogP contribution in [0.25, 0.3) is 0 Å². The zero-order valence-corrected chi connectivity index (χ0v) is 9.38. The largest absolute Gasteiger partial charge is 0.249 e. The predicted molar refractivity (Wildman–Crippen MR) is 60.5 cm³/mol. The van der Waals surface area contributed by atoms with Gasteiger partial charge < -0.3 is 0 Å². The van der Waals surface area contributed by atoms with Crippen LogP contribution in [0.5, 0.6) is 0 Å². The molecule has 1 fully saturated rings. The van der Waals surface area contributed by atoms with E-state index in [4.69, 9.17) is 5.26 Å². The minimum atomic E-state index is -1.97. The molecule has 2 rings (SSSR count). The topological polar surface area (TPSA) is 53.2 Å². The van der Waals surface area contributed by atoms with Crippen LogP contribution in [-0.2, 0) is 9.73 Å². The molecule has 0 atom stereocenters. The van der Waals surface area contributed by atoms with E-state index in [2.05, 4.69) is 10.4 Å². The highest BCUT2D eigenvalue weighted by Crippen LogP contribution is 2.26. The number of nitriles is 1. The molecule has 1 aliphatic heterocycles. The maximum atomic E-state index is 11.9. The fraction of sp³-hybridized carbons (Fsp3) is 0.364. The van der Waals surface area contributed by atoms with Gasteiger partial charge in [0.1, 0.15) is 0 Å². The van der Waals surface area contributed by atoms with Gasteiger partial charge in [-0.1, -0.05) is 6.07 Å². The summed E-state index contributed by atoms with van der Waals surface area (Å²) in [5, 5.41) is 8.85. The van der Waals surface area contributed by atoms with E-state index < -0.39 is 9.73 Å². The van der Waals surface area contributed by atoms with Crippen molar-refractivity contribution in [2.24, 2.45) is 4.36 Å². The van der Waals surface area contributed by atoms with Crippen molar-refractivity contribution in [3.05, 3.63) is 29.3 Å². The Kier molecular flexibility index (Phi) is 2.49. The summed E-state index contributed by atoms with van der Waals surface area (Å²) in [6, 6.07) is 7.46. The van der Waals surface area contributed by atoms with Crippen molar-refractivity contribution in [3.8, 4) is 6.07 Å². The van der Waals surface area contributed by atoms with Gasteiger partial charge in [0.2, 0.25) is 0 Å². The lowest BCUT2D eigenvalue weighted by molar-refractivity contribution is 0.663. The molecule has 1 heterocycles. The minimum Gasteiger partial charge on any atom is -0.249 e. The normalized spacial score (nSPS) is 17.6. The van der Waals surface area contributed by atoms with Gasteiger partial charge >= 0.3 is 0 Å². The second kappa shape index (κ2) is 3.67. The summed E-state index contributed by atoms with van der Waals surface area (Å²) in [6.07, 6.45) is 0.999. The molecule has 0 spiro atoms. The van der Waals surface area contributed by atoms with Crippen LogP contribution in [0.1, 0.15) is 17.5 Å². The third-order valence-electron chi connectivity index (χ3n) is 2.62. The Morgan fingerprint density at radius 1 is 1.47 bits per heavy atom. The molecule has 1 aromatic carbocycles. The molecule has 78 valence electrons. The zero-order valence-electron chi connectivity index (χ0n) is 8.56. The lowest BCUT2D eigenvalue weighted by Gasteiger charge is -2.18. The van der Waals surface area contributed by atoms with Gasteiger partial charge in [0, 0.05) is 11.5 Å². The SMILES string of the molecule is Cc1c(C#N)cccc1N=S1(=O)CCC1. The highest BCUT2D eigenvalue weighted by molar-refractivity contribution is 7.95. The lowest BCUT2D eigenvalue weighted by Crippen LogP contribution is -2.23.